The van der Waals surface area contributed by atoms with E-state index in [1.54, 1.807) is 23.1 Å². The van der Waals surface area contributed by atoms with Crippen LogP contribution < -0.4 is 10.2 Å². The molecule has 0 aliphatic rings. The predicted octanol–water partition coefficient (Wildman–Crippen LogP) is 1.89. The molecule has 138 valence electrons. The van der Waals surface area contributed by atoms with E-state index >= 15 is 0 Å². The van der Waals surface area contributed by atoms with Crippen molar-refractivity contribution in [3.8, 4) is 0 Å². The minimum atomic E-state index is -1.16. The highest BCUT2D eigenvalue weighted by Crippen LogP contribution is 2.24. The SMILES string of the molecule is O=C(/C=C/c1cccs1)Nc1ccc(N(CCO)CCO)c(C(=O)O)c1. The number of nitrogens with one attached hydrogen (secondary N) is 1. The smallest absolute Gasteiger partial charge is 0.337 e. The highest BCUT2D eigenvalue weighted by molar-refractivity contribution is 7.10. The Hall–Kier alpha value is -2.68. The van der Waals surface area contributed by atoms with E-state index in [2.05, 4.69) is 5.32 Å². The van der Waals surface area contributed by atoms with Crippen LogP contribution in [0.1, 0.15) is 15.2 Å². The number of carbonyl (C=O) groups excluding carboxylic acids is 1. The molecule has 0 atom stereocenters. The van der Waals surface area contributed by atoms with E-state index in [-0.39, 0.29) is 37.8 Å². The predicted molar refractivity (Wildman–Crippen MR) is 102 cm³/mol. The molecule has 1 aromatic heterocycles. The molecule has 0 fully saturated rings. The first kappa shape index (κ1) is 19.6. The second-order valence-electron chi connectivity index (χ2n) is 5.31. The number of anilines is 2. The molecule has 1 aromatic carbocycles. The van der Waals surface area contributed by atoms with Gasteiger partial charge in [-0.3, -0.25) is 4.79 Å². The molecular formula is C18H20N2O5S. The number of thiophene rings is 1. The van der Waals surface area contributed by atoms with Gasteiger partial charge in [-0.2, -0.15) is 0 Å². The summed E-state index contributed by atoms with van der Waals surface area (Å²) in [6.45, 7) is 0.0301. The first-order chi connectivity index (χ1) is 12.5. The van der Waals surface area contributed by atoms with Crippen LogP contribution in [0.15, 0.2) is 41.8 Å². The Bertz CT molecular complexity index is 768. The zero-order valence-electron chi connectivity index (χ0n) is 14.0. The van der Waals surface area contributed by atoms with Gasteiger partial charge in [-0.1, -0.05) is 6.07 Å². The van der Waals surface area contributed by atoms with Crippen LogP contribution in [0.4, 0.5) is 11.4 Å². The van der Waals surface area contributed by atoms with Crippen molar-refractivity contribution in [1.82, 2.24) is 0 Å². The summed E-state index contributed by atoms with van der Waals surface area (Å²) in [6.07, 6.45) is 3.06. The van der Waals surface area contributed by atoms with Gasteiger partial charge in [-0.15, -0.1) is 11.3 Å². The third kappa shape index (κ3) is 5.41. The number of nitrogens with zero attached hydrogens (tertiary/aromatic N) is 1. The fraction of sp³-hybridized carbons (Fsp3) is 0.222. The number of hydrogen-bond donors (Lipinski definition) is 4. The quantitative estimate of drug-likeness (QED) is 0.498. The molecule has 0 saturated heterocycles. The molecule has 26 heavy (non-hydrogen) atoms. The Morgan fingerprint density at radius 1 is 1.15 bits per heavy atom. The second-order valence-corrected chi connectivity index (χ2v) is 6.29. The average Bonchev–Trinajstić information content (AvgIpc) is 3.13. The van der Waals surface area contributed by atoms with Gasteiger partial charge >= 0.3 is 5.97 Å². The zero-order valence-corrected chi connectivity index (χ0v) is 14.8. The van der Waals surface area contributed by atoms with Crippen LogP contribution in [0, 0.1) is 0 Å². The maximum absolute atomic E-state index is 12.0. The molecule has 2 rings (SSSR count). The van der Waals surface area contributed by atoms with E-state index in [1.807, 2.05) is 17.5 Å². The van der Waals surface area contributed by atoms with Gasteiger partial charge < -0.3 is 25.5 Å². The molecule has 0 saturated carbocycles. The van der Waals surface area contributed by atoms with Gasteiger partial charge in [0.15, 0.2) is 0 Å². The molecule has 1 heterocycles. The number of aliphatic hydroxyl groups is 2. The Labute approximate surface area is 154 Å². The van der Waals surface area contributed by atoms with Crippen molar-refractivity contribution >= 4 is 40.7 Å². The number of amides is 1. The highest BCUT2D eigenvalue weighted by atomic mass is 32.1. The van der Waals surface area contributed by atoms with Crippen molar-refractivity contribution < 1.29 is 24.9 Å². The summed E-state index contributed by atoms with van der Waals surface area (Å²) in [5, 5.41) is 32.3. The topological polar surface area (TPSA) is 110 Å². The lowest BCUT2D eigenvalue weighted by Crippen LogP contribution is -2.31. The van der Waals surface area contributed by atoms with Crippen LogP contribution >= 0.6 is 11.3 Å². The maximum Gasteiger partial charge on any atom is 0.337 e. The van der Waals surface area contributed by atoms with Crippen LogP contribution in [0.2, 0.25) is 0 Å². The summed E-state index contributed by atoms with van der Waals surface area (Å²) in [7, 11) is 0. The highest BCUT2D eigenvalue weighted by Gasteiger charge is 2.17. The Balaban J connectivity index is 2.18. The van der Waals surface area contributed by atoms with Gasteiger partial charge in [0.2, 0.25) is 5.91 Å². The van der Waals surface area contributed by atoms with Crippen molar-refractivity contribution in [1.29, 1.82) is 0 Å². The number of aromatic carboxylic acids is 1. The molecular weight excluding hydrogens is 356 g/mol. The number of carbonyl (C=O) groups is 2. The summed E-state index contributed by atoms with van der Waals surface area (Å²) in [6, 6.07) is 8.25. The van der Waals surface area contributed by atoms with Crippen molar-refractivity contribution in [3.63, 3.8) is 0 Å². The fourth-order valence-corrected chi connectivity index (χ4v) is 3.00. The number of aliphatic hydroxyl groups excluding tert-OH is 2. The molecule has 2 aromatic rings. The maximum atomic E-state index is 12.0. The number of hydrogen-bond acceptors (Lipinski definition) is 6. The van der Waals surface area contributed by atoms with Crippen LogP contribution in [-0.2, 0) is 4.79 Å². The van der Waals surface area contributed by atoms with Gasteiger partial charge in [0, 0.05) is 29.7 Å². The van der Waals surface area contributed by atoms with Crippen LogP contribution in [0.3, 0.4) is 0 Å². The van der Waals surface area contributed by atoms with E-state index in [0.717, 1.165) is 4.88 Å². The number of rotatable bonds is 9. The van der Waals surface area contributed by atoms with Crippen molar-refractivity contribution in [3.05, 3.63) is 52.2 Å². The van der Waals surface area contributed by atoms with Gasteiger partial charge in [0.05, 0.1) is 24.5 Å². The lowest BCUT2D eigenvalue weighted by atomic mass is 10.1. The average molecular weight is 376 g/mol. The molecule has 0 aliphatic carbocycles. The normalized spacial score (nSPS) is 10.8. The van der Waals surface area contributed by atoms with E-state index < -0.39 is 5.97 Å². The number of carboxylic acid groups (broad SMARTS) is 1. The monoisotopic (exact) mass is 376 g/mol. The third-order valence-electron chi connectivity index (χ3n) is 3.52. The fourth-order valence-electron chi connectivity index (χ4n) is 2.38. The van der Waals surface area contributed by atoms with E-state index in [4.69, 9.17) is 10.2 Å². The number of benzene rings is 1. The van der Waals surface area contributed by atoms with Crippen molar-refractivity contribution in [2.75, 3.05) is 36.5 Å². The van der Waals surface area contributed by atoms with Gasteiger partial charge in [0.1, 0.15) is 0 Å². The molecule has 7 nitrogen and oxygen atoms in total. The van der Waals surface area contributed by atoms with Crippen molar-refractivity contribution in [2.24, 2.45) is 0 Å². The molecule has 0 unspecified atom stereocenters. The summed E-state index contributed by atoms with van der Waals surface area (Å²) < 4.78 is 0. The minimum absolute atomic E-state index is 0.0214. The van der Waals surface area contributed by atoms with Crippen LogP contribution in [0.25, 0.3) is 6.08 Å². The third-order valence-corrected chi connectivity index (χ3v) is 4.35. The van der Waals surface area contributed by atoms with Crippen molar-refractivity contribution in [2.45, 2.75) is 0 Å². The molecule has 0 bridgehead atoms. The lowest BCUT2D eigenvalue weighted by molar-refractivity contribution is -0.111. The first-order valence-corrected chi connectivity index (χ1v) is 8.79. The van der Waals surface area contributed by atoms with E-state index in [1.165, 1.54) is 23.5 Å². The minimum Gasteiger partial charge on any atom is -0.478 e. The summed E-state index contributed by atoms with van der Waals surface area (Å²) >= 11 is 1.50. The van der Waals surface area contributed by atoms with Crippen LogP contribution in [0.5, 0.6) is 0 Å². The second kappa shape index (κ2) is 9.71. The first-order valence-electron chi connectivity index (χ1n) is 7.91. The number of carboxylic acids is 1. The zero-order chi connectivity index (χ0) is 18.9. The Kier molecular flexibility index (Phi) is 7.34. The Morgan fingerprint density at radius 2 is 1.88 bits per heavy atom. The Morgan fingerprint density at radius 3 is 2.46 bits per heavy atom. The summed E-state index contributed by atoms with van der Waals surface area (Å²) in [4.78, 5) is 26.1. The van der Waals surface area contributed by atoms with E-state index in [9.17, 15) is 14.7 Å². The summed E-state index contributed by atoms with van der Waals surface area (Å²) in [5.74, 6) is -1.53. The largest absolute Gasteiger partial charge is 0.478 e. The standard InChI is InChI=1S/C18H20N2O5S/c21-9-7-20(8-10-22)16-5-3-13(12-15(16)18(24)25)19-17(23)6-4-14-2-1-11-26-14/h1-6,11-12,21-22H,7-10H2,(H,19,23)(H,24,25)/b6-4+. The molecule has 1 amide bonds. The summed E-state index contributed by atoms with van der Waals surface area (Å²) in [5.41, 5.74) is 0.694. The molecule has 0 spiro atoms. The van der Waals surface area contributed by atoms with Gasteiger partial charge in [-0.05, 0) is 35.7 Å². The lowest BCUT2D eigenvalue weighted by Gasteiger charge is -2.25. The van der Waals surface area contributed by atoms with E-state index in [0.29, 0.717) is 11.4 Å². The van der Waals surface area contributed by atoms with Gasteiger partial charge in [-0.25, -0.2) is 4.79 Å². The molecule has 0 radical (unpaired) electrons. The van der Waals surface area contributed by atoms with Gasteiger partial charge in [0.25, 0.3) is 0 Å². The molecule has 0 aliphatic heterocycles. The molecule has 4 N–H and O–H groups in total. The van der Waals surface area contributed by atoms with Crippen LogP contribution in [-0.4, -0.2) is 53.5 Å². The molecule has 8 heteroatoms.